The van der Waals surface area contributed by atoms with E-state index in [2.05, 4.69) is 0 Å². The van der Waals surface area contributed by atoms with E-state index in [1.54, 1.807) is 26.0 Å². The maximum atomic E-state index is 5.51. The fourth-order valence-corrected chi connectivity index (χ4v) is 1.97. The highest BCUT2D eigenvalue weighted by Crippen LogP contribution is 2.21. The van der Waals surface area contributed by atoms with Gasteiger partial charge in [-0.15, -0.1) is 0 Å². The Balaban J connectivity index is 3.70. The van der Waals surface area contributed by atoms with E-state index in [1.165, 1.54) is 0 Å². The Morgan fingerprint density at radius 2 is 1.07 bits per heavy atom. The third-order valence-electron chi connectivity index (χ3n) is 1.81. The van der Waals surface area contributed by atoms with Crippen molar-refractivity contribution in [3.8, 4) is 0 Å². The molecular formula is C10H22O4S. The standard InChI is InChI=1S/C10H22O4S/c1-7(11-5)13-9(3)15-10(4)14-8(2)12-6/h7-10H,1-6H3. The van der Waals surface area contributed by atoms with Gasteiger partial charge in [0.1, 0.15) is 10.9 Å². The van der Waals surface area contributed by atoms with E-state index in [0.717, 1.165) is 0 Å². The molecule has 0 amide bonds. The van der Waals surface area contributed by atoms with Crippen LogP contribution in [0.2, 0.25) is 0 Å². The molecule has 0 spiro atoms. The molecule has 4 unspecified atom stereocenters. The smallest absolute Gasteiger partial charge is 0.155 e. The van der Waals surface area contributed by atoms with E-state index >= 15 is 0 Å². The van der Waals surface area contributed by atoms with E-state index < -0.39 is 0 Å². The molecule has 4 nitrogen and oxygen atoms in total. The van der Waals surface area contributed by atoms with Crippen LogP contribution in [0.3, 0.4) is 0 Å². The van der Waals surface area contributed by atoms with Gasteiger partial charge in [0.25, 0.3) is 0 Å². The lowest BCUT2D eigenvalue weighted by Crippen LogP contribution is -2.21. The largest absolute Gasteiger partial charge is 0.356 e. The van der Waals surface area contributed by atoms with E-state index in [9.17, 15) is 0 Å². The van der Waals surface area contributed by atoms with Crippen molar-refractivity contribution in [1.29, 1.82) is 0 Å². The molecule has 0 heterocycles. The third-order valence-corrected chi connectivity index (χ3v) is 2.80. The summed E-state index contributed by atoms with van der Waals surface area (Å²) in [5.74, 6) is 0. The summed E-state index contributed by atoms with van der Waals surface area (Å²) in [5, 5.41) is 0. The molecule has 0 aromatic rings. The van der Waals surface area contributed by atoms with Crippen LogP contribution in [0, 0.1) is 0 Å². The van der Waals surface area contributed by atoms with Crippen LogP contribution >= 0.6 is 11.8 Å². The zero-order chi connectivity index (χ0) is 11.8. The topological polar surface area (TPSA) is 36.9 Å². The number of rotatable bonds is 8. The molecule has 0 aliphatic rings. The molecule has 92 valence electrons. The number of hydrogen-bond donors (Lipinski definition) is 0. The first-order chi connectivity index (χ1) is 6.99. The van der Waals surface area contributed by atoms with Gasteiger partial charge >= 0.3 is 0 Å². The minimum Gasteiger partial charge on any atom is -0.356 e. The Bertz CT molecular complexity index is 140. The highest BCUT2D eigenvalue weighted by atomic mass is 32.2. The highest BCUT2D eigenvalue weighted by molar-refractivity contribution is 8.00. The first-order valence-electron chi connectivity index (χ1n) is 5.01. The zero-order valence-electron chi connectivity index (χ0n) is 10.4. The SMILES string of the molecule is COC(C)OC(C)SC(C)OC(C)OC. The molecule has 0 saturated heterocycles. The second-order valence-corrected chi connectivity index (χ2v) is 4.75. The van der Waals surface area contributed by atoms with Gasteiger partial charge in [0.15, 0.2) is 12.6 Å². The van der Waals surface area contributed by atoms with E-state index in [4.69, 9.17) is 18.9 Å². The van der Waals surface area contributed by atoms with Gasteiger partial charge < -0.3 is 18.9 Å². The fourth-order valence-electron chi connectivity index (χ4n) is 0.985. The van der Waals surface area contributed by atoms with Gasteiger partial charge in [0.2, 0.25) is 0 Å². The normalized spacial score (nSPS) is 19.6. The number of methoxy groups -OCH3 is 2. The minimum atomic E-state index is -0.195. The lowest BCUT2D eigenvalue weighted by molar-refractivity contribution is -0.124. The van der Waals surface area contributed by atoms with Crippen LogP contribution in [-0.2, 0) is 18.9 Å². The molecule has 0 saturated carbocycles. The molecule has 0 aliphatic carbocycles. The fraction of sp³-hybridized carbons (Fsp3) is 1.00. The summed E-state index contributed by atoms with van der Waals surface area (Å²) in [7, 11) is 3.24. The van der Waals surface area contributed by atoms with Crippen molar-refractivity contribution >= 4 is 11.8 Å². The molecule has 0 bridgehead atoms. The highest BCUT2D eigenvalue weighted by Gasteiger charge is 2.14. The van der Waals surface area contributed by atoms with Crippen molar-refractivity contribution in [1.82, 2.24) is 0 Å². The van der Waals surface area contributed by atoms with E-state index in [0.29, 0.717) is 0 Å². The summed E-state index contributed by atoms with van der Waals surface area (Å²) in [4.78, 5) is 0. The van der Waals surface area contributed by atoms with Crippen molar-refractivity contribution in [3.63, 3.8) is 0 Å². The summed E-state index contributed by atoms with van der Waals surface area (Å²) < 4.78 is 21.0. The predicted octanol–water partition coefficient (Wildman–Crippen LogP) is 2.43. The minimum absolute atomic E-state index is 0.0269. The van der Waals surface area contributed by atoms with Gasteiger partial charge in [-0.2, -0.15) is 0 Å². The van der Waals surface area contributed by atoms with Crippen molar-refractivity contribution in [3.05, 3.63) is 0 Å². The Kier molecular flexibility index (Phi) is 8.46. The van der Waals surface area contributed by atoms with Gasteiger partial charge in [-0.05, 0) is 27.7 Å². The average molecular weight is 238 g/mol. The van der Waals surface area contributed by atoms with Gasteiger partial charge in [-0.3, -0.25) is 0 Å². The Labute approximate surface area is 96.6 Å². The van der Waals surface area contributed by atoms with Crippen LogP contribution in [0.25, 0.3) is 0 Å². The summed E-state index contributed by atoms with van der Waals surface area (Å²) in [6, 6.07) is 0. The predicted molar refractivity (Wildman–Crippen MR) is 61.6 cm³/mol. The summed E-state index contributed by atoms with van der Waals surface area (Å²) >= 11 is 1.58. The summed E-state index contributed by atoms with van der Waals surface area (Å²) in [5.41, 5.74) is 0.0537. The number of ether oxygens (including phenoxy) is 4. The molecule has 0 aliphatic heterocycles. The molecule has 0 aromatic carbocycles. The average Bonchev–Trinajstić information content (AvgIpc) is 2.16. The van der Waals surface area contributed by atoms with E-state index in [-0.39, 0.29) is 23.5 Å². The quantitative estimate of drug-likeness (QED) is 0.607. The monoisotopic (exact) mass is 238 g/mol. The maximum absolute atomic E-state index is 5.51. The van der Waals surface area contributed by atoms with Crippen LogP contribution in [0.15, 0.2) is 0 Å². The summed E-state index contributed by atoms with van der Waals surface area (Å²) in [6.45, 7) is 7.66. The molecule has 4 atom stereocenters. The Morgan fingerprint density at radius 3 is 1.33 bits per heavy atom. The molecule has 0 aromatic heterocycles. The lowest BCUT2D eigenvalue weighted by atomic mass is 10.7. The second-order valence-electron chi connectivity index (χ2n) is 3.15. The summed E-state index contributed by atoms with van der Waals surface area (Å²) in [6.07, 6.45) is -0.390. The van der Waals surface area contributed by atoms with Crippen molar-refractivity contribution in [2.75, 3.05) is 14.2 Å². The van der Waals surface area contributed by atoms with Crippen molar-refractivity contribution in [2.45, 2.75) is 51.1 Å². The second kappa shape index (κ2) is 8.35. The van der Waals surface area contributed by atoms with Gasteiger partial charge in [-0.25, -0.2) is 0 Å². The van der Waals surface area contributed by atoms with Crippen molar-refractivity contribution < 1.29 is 18.9 Å². The molecule has 0 N–H and O–H groups in total. The van der Waals surface area contributed by atoms with Crippen LogP contribution in [0.1, 0.15) is 27.7 Å². The molecule has 15 heavy (non-hydrogen) atoms. The van der Waals surface area contributed by atoms with Crippen LogP contribution < -0.4 is 0 Å². The van der Waals surface area contributed by atoms with Crippen LogP contribution in [0.5, 0.6) is 0 Å². The van der Waals surface area contributed by atoms with E-state index in [1.807, 2.05) is 27.7 Å². The molecule has 0 radical (unpaired) electrons. The molecule has 0 fully saturated rings. The van der Waals surface area contributed by atoms with Crippen LogP contribution in [0.4, 0.5) is 0 Å². The van der Waals surface area contributed by atoms with Crippen molar-refractivity contribution in [2.24, 2.45) is 0 Å². The van der Waals surface area contributed by atoms with Gasteiger partial charge in [0.05, 0.1) is 0 Å². The zero-order valence-corrected chi connectivity index (χ0v) is 11.2. The first kappa shape index (κ1) is 15.2. The third kappa shape index (κ3) is 8.04. The van der Waals surface area contributed by atoms with Gasteiger partial charge in [-0.1, -0.05) is 11.8 Å². The van der Waals surface area contributed by atoms with Gasteiger partial charge in [0, 0.05) is 14.2 Å². The molecule has 0 rings (SSSR count). The Morgan fingerprint density at radius 1 is 0.733 bits per heavy atom. The number of thioether (sulfide) groups is 1. The maximum Gasteiger partial charge on any atom is 0.155 e. The lowest BCUT2D eigenvalue weighted by Gasteiger charge is -2.22. The Hall–Kier alpha value is 0.190. The van der Waals surface area contributed by atoms with Crippen LogP contribution in [-0.4, -0.2) is 37.7 Å². The molecule has 5 heteroatoms. The first-order valence-corrected chi connectivity index (χ1v) is 5.95. The number of hydrogen-bond acceptors (Lipinski definition) is 5. The molecular weight excluding hydrogens is 216 g/mol.